The fourth-order valence-corrected chi connectivity index (χ4v) is 0.318. The quantitative estimate of drug-likeness (QED) is 0.296. The van der Waals surface area contributed by atoms with Crippen LogP contribution in [0.15, 0.2) is 11.5 Å². The molecule has 0 aliphatic rings. The van der Waals surface area contributed by atoms with Gasteiger partial charge in [0.25, 0.3) is 0 Å². The van der Waals surface area contributed by atoms with Crippen molar-refractivity contribution >= 4 is 0 Å². The van der Waals surface area contributed by atoms with Crippen molar-refractivity contribution in [1.29, 1.82) is 5.26 Å². The van der Waals surface area contributed by atoms with Gasteiger partial charge in [-0.25, -0.2) is 0 Å². The molecule has 6 heteroatoms. The summed E-state index contributed by atoms with van der Waals surface area (Å²) in [6, 6.07) is 1.35. The van der Waals surface area contributed by atoms with Crippen molar-refractivity contribution in [2.45, 2.75) is 0 Å². The van der Waals surface area contributed by atoms with Crippen molar-refractivity contribution in [3.63, 3.8) is 0 Å². The van der Waals surface area contributed by atoms with Gasteiger partial charge in [-0.2, -0.15) is 5.26 Å². The third-order valence-electron chi connectivity index (χ3n) is 0.813. The van der Waals surface area contributed by atoms with E-state index in [1.807, 2.05) is 0 Å². The van der Waals surface area contributed by atoms with E-state index >= 15 is 0 Å². The summed E-state index contributed by atoms with van der Waals surface area (Å²) in [5.74, 6) is -0.229. The molecule has 0 aliphatic carbocycles. The van der Waals surface area contributed by atoms with Crippen LogP contribution in [0.4, 0.5) is 0 Å². The van der Waals surface area contributed by atoms with Crippen LogP contribution in [0.25, 0.3) is 0 Å². The maximum absolute atomic E-state index is 9.94. The molecule has 0 heterocycles. The summed E-state index contributed by atoms with van der Waals surface area (Å²) < 4.78 is 0. The molecule has 0 unspecified atom stereocenters. The van der Waals surface area contributed by atoms with Gasteiger partial charge < -0.3 is 11.1 Å². The van der Waals surface area contributed by atoms with E-state index in [2.05, 4.69) is 5.32 Å². The second kappa shape index (κ2) is 3.29. The SMILES string of the molecule is CN/C(N)=C(/C#N)[N+](=O)[O-]. The lowest BCUT2D eigenvalue weighted by Crippen LogP contribution is -2.20. The van der Waals surface area contributed by atoms with Gasteiger partial charge in [0, 0.05) is 7.05 Å². The number of nitrogens with zero attached hydrogens (tertiary/aromatic N) is 2. The van der Waals surface area contributed by atoms with Gasteiger partial charge >= 0.3 is 5.70 Å². The van der Waals surface area contributed by atoms with E-state index in [-0.39, 0.29) is 5.82 Å². The highest BCUT2D eigenvalue weighted by Crippen LogP contribution is 1.93. The van der Waals surface area contributed by atoms with Crippen molar-refractivity contribution in [2.24, 2.45) is 5.73 Å². The van der Waals surface area contributed by atoms with E-state index in [1.165, 1.54) is 13.1 Å². The molecule has 6 nitrogen and oxygen atoms in total. The molecule has 3 N–H and O–H groups in total. The Kier molecular flexibility index (Phi) is 2.71. The van der Waals surface area contributed by atoms with Crippen LogP contribution in [-0.4, -0.2) is 12.0 Å². The highest BCUT2D eigenvalue weighted by molar-refractivity contribution is 5.16. The summed E-state index contributed by atoms with van der Waals surface area (Å²) in [4.78, 5) is 9.09. The molecule has 0 aromatic carbocycles. The van der Waals surface area contributed by atoms with Crippen LogP contribution in [0, 0.1) is 21.4 Å². The summed E-state index contributed by atoms with van der Waals surface area (Å²) in [6.07, 6.45) is 0. The Hall–Kier alpha value is -1.77. The highest BCUT2D eigenvalue weighted by atomic mass is 16.6. The Morgan fingerprint density at radius 2 is 2.40 bits per heavy atom. The maximum atomic E-state index is 9.94. The first-order valence-electron chi connectivity index (χ1n) is 2.35. The molecule has 0 saturated carbocycles. The fraction of sp³-hybridized carbons (Fsp3) is 0.250. The van der Waals surface area contributed by atoms with Gasteiger partial charge in [-0.1, -0.05) is 0 Å². The molecule has 0 fully saturated rings. The molecule has 0 amide bonds. The minimum Gasteiger partial charge on any atom is -0.379 e. The Morgan fingerprint density at radius 1 is 1.90 bits per heavy atom. The molecule has 0 aromatic heterocycles. The van der Waals surface area contributed by atoms with Crippen molar-refractivity contribution in [3.8, 4) is 6.07 Å². The van der Waals surface area contributed by atoms with Crippen LogP contribution < -0.4 is 11.1 Å². The number of rotatable bonds is 2. The molecular weight excluding hydrogens is 136 g/mol. The van der Waals surface area contributed by atoms with Crippen molar-refractivity contribution in [3.05, 3.63) is 21.6 Å². The van der Waals surface area contributed by atoms with E-state index in [4.69, 9.17) is 11.0 Å². The molecule has 54 valence electrons. The van der Waals surface area contributed by atoms with Gasteiger partial charge in [0.1, 0.15) is 0 Å². The zero-order valence-electron chi connectivity index (χ0n) is 5.29. The van der Waals surface area contributed by atoms with Crippen LogP contribution in [0.1, 0.15) is 0 Å². The van der Waals surface area contributed by atoms with Crippen LogP contribution in [-0.2, 0) is 0 Å². The van der Waals surface area contributed by atoms with Crippen LogP contribution >= 0.6 is 0 Å². The number of hydrogen-bond donors (Lipinski definition) is 2. The smallest absolute Gasteiger partial charge is 0.379 e. The minimum atomic E-state index is -0.841. The predicted molar refractivity (Wildman–Crippen MR) is 32.9 cm³/mol. The van der Waals surface area contributed by atoms with E-state index in [1.54, 1.807) is 0 Å². The lowest BCUT2D eigenvalue weighted by molar-refractivity contribution is -0.419. The third-order valence-corrected chi connectivity index (χ3v) is 0.813. The topological polar surface area (TPSA) is 105 Å². The monoisotopic (exact) mass is 142 g/mol. The third kappa shape index (κ3) is 1.63. The molecular formula is C4H6N4O2. The predicted octanol–water partition coefficient (Wildman–Crippen LogP) is -0.866. The van der Waals surface area contributed by atoms with Crippen LogP contribution in [0.2, 0.25) is 0 Å². The number of nitro groups is 1. The summed E-state index contributed by atoms with van der Waals surface area (Å²) in [7, 11) is 1.40. The minimum absolute atomic E-state index is 0.229. The van der Waals surface area contributed by atoms with Gasteiger partial charge in [0.2, 0.25) is 0 Å². The molecule has 0 atom stereocenters. The molecule has 0 aromatic rings. The standard InChI is InChI=1S/C4H6N4O2/c1-7-4(6)3(2-5)8(9)10/h7H,6H2,1H3/b4-3-. The number of nitrogens with one attached hydrogen (secondary N) is 1. The molecule has 0 saturated heterocycles. The summed E-state index contributed by atoms with van der Waals surface area (Å²) in [5, 5.41) is 20.4. The molecule has 0 spiro atoms. The van der Waals surface area contributed by atoms with E-state index in [0.717, 1.165) is 0 Å². The molecule has 0 rings (SSSR count). The van der Waals surface area contributed by atoms with Gasteiger partial charge in [-0.3, -0.25) is 10.1 Å². The lowest BCUT2D eigenvalue weighted by atomic mass is 10.5. The second-order valence-electron chi connectivity index (χ2n) is 1.38. The van der Waals surface area contributed by atoms with E-state index in [0.29, 0.717) is 0 Å². The number of nitriles is 1. The first kappa shape index (κ1) is 8.23. The first-order valence-corrected chi connectivity index (χ1v) is 2.35. The number of allylic oxidation sites excluding steroid dienone is 1. The van der Waals surface area contributed by atoms with Gasteiger partial charge in [-0.05, 0) is 0 Å². The van der Waals surface area contributed by atoms with Gasteiger partial charge in [0.15, 0.2) is 11.9 Å². The zero-order valence-corrected chi connectivity index (χ0v) is 5.29. The van der Waals surface area contributed by atoms with E-state index in [9.17, 15) is 10.1 Å². The fourth-order valence-electron chi connectivity index (χ4n) is 0.318. The normalized spacial score (nSPS) is 11.2. The Morgan fingerprint density at radius 3 is 2.50 bits per heavy atom. The Balaban J connectivity index is 4.68. The number of hydrogen-bond acceptors (Lipinski definition) is 5. The summed E-state index contributed by atoms with van der Waals surface area (Å²) in [5.41, 5.74) is 4.37. The molecule has 0 bridgehead atoms. The molecule has 10 heavy (non-hydrogen) atoms. The van der Waals surface area contributed by atoms with Gasteiger partial charge in [-0.15, -0.1) is 0 Å². The first-order chi connectivity index (χ1) is 4.63. The van der Waals surface area contributed by atoms with Crippen molar-refractivity contribution in [1.82, 2.24) is 5.32 Å². The average molecular weight is 142 g/mol. The summed E-state index contributed by atoms with van der Waals surface area (Å²) in [6.45, 7) is 0. The van der Waals surface area contributed by atoms with Crippen molar-refractivity contribution < 1.29 is 4.92 Å². The molecule has 0 aliphatic heterocycles. The van der Waals surface area contributed by atoms with Crippen LogP contribution in [0.3, 0.4) is 0 Å². The van der Waals surface area contributed by atoms with E-state index < -0.39 is 10.6 Å². The zero-order chi connectivity index (χ0) is 8.15. The Bertz CT molecular complexity index is 214. The van der Waals surface area contributed by atoms with Crippen LogP contribution in [0.5, 0.6) is 0 Å². The van der Waals surface area contributed by atoms with Gasteiger partial charge in [0.05, 0.1) is 4.92 Å². The van der Waals surface area contributed by atoms with Crippen molar-refractivity contribution in [2.75, 3.05) is 7.05 Å². The Labute approximate surface area is 57.1 Å². The lowest BCUT2D eigenvalue weighted by Gasteiger charge is -1.94. The second-order valence-corrected chi connectivity index (χ2v) is 1.38. The largest absolute Gasteiger partial charge is 0.384 e. The maximum Gasteiger partial charge on any atom is 0.384 e. The molecule has 0 radical (unpaired) electrons. The number of nitrogens with two attached hydrogens (primary N) is 1. The summed E-state index contributed by atoms with van der Waals surface area (Å²) >= 11 is 0. The highest BCUT2D eigenvalue weighted by Gasteiger charge is 2.13. The average Bonchev–Trinajstić information content (AvgIpc) is 1.88.